The molecule has 0 aromatic heterocycles. The molecule has 1 aliphatic rings. The summed E-state index contributed by atoms with van der Waals surface area (Å²) in [5.41, 5.74) is 5.95. The maximum atomic E-state index is 3.90. The molecule has 0 saturated heterocycles. The molecule has 25 heavy (non-hydrogen) atoms. The van der Waals surface area contributed by atoms with E-state index >= 15 is 0 Å². The second-order valence-corrected chi connectivity index (χ2v) is 6.13. The molecular weight excluding hydrogens is 302 g/mol. The molecular formula is C24H25N. The Hall–Kier alpha value is -2.80. The largest absolute Gasteiger partial charge is 0.311 e. The second-order valence-electron chi connectivity index (χ2n) is 6.13. The van der Waals surface area contributed by atoms with Crippen LogP contribution in [0, 0.1) is 0 Å². The number of anilines is 2. The summed E-state index contributed by atoms with van der Waals surface area (Å²) in [6, 6.07) is 19.3. The lowest BCUT2D eigenvalue weighted by molar-refractivity contribution is 0.873. The van der Waals surface area contributed by atoms with Crippen molar-refractivity contribution in [2.75, 3.05) is 4.90 Å². The Balaban J connectivity index is 2.03. The Bertz CT molecular complexity index is 792. The van der Waals surface area contributed by atoms with Crippen LogP contribution in [0.15, 0.2) is 97.3 Å². The van der Waals surface area contributed by atoms with E-state index in [1.165, 1.54) is 29.1 Å². The zero-order valence-electron chi connectivity index (χ0n) is 14.9. The van der Waals surface area contributed by atoms with Crippen molar-refractivity contribution in [1.82, 2.24) is 0 Å². The van der Waals surface area contributed by atoms with Gasteiger partial charge in [-0.25, -0.2) is 0 Å². The summed E-state index contributed by atoms with van der Waals surface area (Å²) in [6.07, 6.45) is 14.3. The van der Waals surface area contributed by atoms with Gasteiger partial charge in [-0.05, 0) is 67.7 Å². The smallest absolute Gasteiger partial charge is 0.0461 e. The second kappa shape index (κ2) is 8.34. The third-order valence-corrected chi connectivity index (χ3v) is 4.48. The van der Waals surface area contributed by atoms with E-state index in [9.17, 15) is 0 Å². The Labute approximate surface area is 151 Å². The molecule has 0 atom stereocenters. The van der Waals surface area contributed by atoms with Gasteiger partial charge in [0.1, 0.15) is 0 Å². The van der Waals surface area contributed by atoms with Gasteiger partial charge in [-0.15, -0.1) is 0 Å². The first kappa shape index (κ1) is 17.0. The van der Waals surface area contributed by atoms with Crippen molar-refractivity contribution in [3.05, 3.63) is 103 Å². The Morgan fingerprint density at radius 2 is 1.68 bits per heavy atom. The standard InChI is InChI=1S/C24H25N/c1-3-20(4-2)21-16-18-24(19-17-21)25(23-14-10-7-11-15-23)22-12-8-5-6-9-13-22/h3-4,7-8,10-19H,1,5-6,9H2,2H3. The zero-order valence-corrected chi connectivity index (χ0v) is 14.9. The molecule has 1 nitrogen and oxygen atoms in total. The number of nitrogens with zero attached hydrogens (tertiary/aromatic N) is 1. The average molecular weight is 327 g/mol. The van der Waals surface area contributed by atoms with Crippen LogP contribution in [0.1, 0.15) is 31.7 Å². The van der Waals surface area contributed by atoms with Crippen molar-refractivity contribution in [3.8, 4) is 0 Å². The van der Waals surface area contributed by atoms with Crippen LogP contribution in [0.25, 0.3) is 5.57 Å². The van der Waals surface area contributed by atoms with Crippen molar-refractivity contribution in [3.63, 3.8) is 0 Å². The predicted octanol–water partition coefficient (Wildman–Crippen LogP) is 7.04. The SMILES string of the molecule is C=CC(=CC)c1ccc(N(C2=CCCCC=C2)c2ccccc2)cc1. The number of benzene rings is 2. The van der Waals surface area contributed by atoms with Gasteiger partial charge in [-0.2, -0.15) is 0 Å². The molecule has 0 fully saturated rings. The maximum absolute atomic E-state index is 3.90. The molecule has 1 heteroatoms. The number of para-hydroxylation sites is 1. The third-order valence-electron chi connectivity index (χ3n) is 4.48. The van der Waals surface area contributed by atoms with Crippen molar-refractivity contribution in [2.45, 2.75) is 26.2 Å². The van der Waals surface area contributed by atoms with Crippen LogP contribution in [-0.4, -0.2) is 0 Å². The molecule has 0 bridgehead atoms. The molecule has 0 N–H and O–H groups in total. The summed E-state index contributed by atoms with van der Waals surface area (Å²) in [5, 5.41) is 0. The normalized spacial score (nSPS) is 14.6. The van der Waals surface area contributed by atoms with Gasteiger partial charge in [-0.1, -0.05) is 61.2 Å². The minimum absolute atomic E-state index is 1.11. The molecule has 0 aliphatic heterocycles. The van der Waals surface area contributed by atoms with Gasteiger partial charge in [-0.3, -0.25) is 0 Å². The number of rotatable bonds is 5. The van der Waals surface area contributed by atoms with E-state index in [-0.39, 0.29) is 0 Å². The van der Waals surface area contributed by atoms with Crippen LogP contribution < -0.4 is 4.90 Å². The van der Waals surface area contributed by atoms with E-state index in [1.54, 1.807) is 0 Å². The molecule has 2 aromatic carbocycles. The van der Waals surface area contributed by atoms with Crippen molar-refractivity contribution in [2.24, 2.45) is 0 Å². The van der Waals surface area contributed by atoms with Crippen LogP contribution in [0.3, 0.4) is 0 Å². The Morgan fingerprint density at radius 1 is 0.960 bits per heavy atom. The predicted molar refractivity (Wildman–Crippen MR) is 110 cm³/mol. The van der Waals surface area contributed by atoms with Gasteiger partial charge < -0.3 is 4.90 Å². The van der Waals surface area contributed by atoms with Gasteiger partial charge in [0.15, 0.2) is 0 Å². The van der Waals surface area contributed by atoms with E-state index < -0.39 is 0 Å². The van der Waals surface area contributed by atoms with Gasteiger partial charge in [0, 0.05) is 17.1 Å². The fourth-order valence-corrected chi connectivity index (χ4v) is 3.15. The molecule has 0 unspecified atom stereocenters. The lowest BCUT2D eigenvalue weighted by atomic mass is 10.0. The van der Waals surface area contributed by atoms with E-state index in [2.05, 4.69) is 90.4 Å². The molecule has 2 aromatic rings. The molecule has 1 aliphatic carbocycles. The number of hydrogen-bond donors (Lipinski definition) is 0. The highest BCUT2D eigenvalue weighted by Crippen LogP contribution is 2.32. The first-order valence-corrected chi connectivity index (χ1v) is 8.94. The summed E-state index contributed by atoms with van der Waals surface area (Å²) in [7, 11) is 0. The zero-order chi connectivity index (χ0) is 17.5. The summed E-state index contributed by atoms with van der Waals surface area (Å²) in [6.45, 7) is 5.94. The first-order chi connectivity index (χ1) is 12.3. The van der Waals surface area contributed by atoms with Crippen molar-refractivity contribution >= 4 is 16.9 Å². The molecule has 0 spiro atoms. The van der Waals surface area contributed by atoms with Crippen LogP contribution in [0.5, 0.6) is 0 Å². The summed E-state index contributed by atoms with van der Waals surface area (Å²) in [4.78, 5) is 2.33. The lowest BCUT2D eigenvalue weighted by Gasteiger charge is -2.26. The summed E-state index contributed by atoms with van der Waals surface area (Å²) >= 11 is 0. The van der Waals surface area contributed by atoms with Crippen LogP contribution >= 0.6 is 0 Å². The van der Waals surface area contributed by atoms with Gasteiger partial charge in [0.2, 0.25) is 0 Å². The van der Waals surface area contributed by atoms with Crippen molar-refractivity contribution < 1.29 is 0 Å². The third kappa shape index (κ3) is 4.00. The fraction of sp³-hybridized carbons (Fsp3) is 0.167. The van der Waals surface area contributed by atoms with Crippen LogP contribution in [0.4, 0.5) is 11.4 Å². The fourth-order valence-electron chi connectivity index (χ4n) is 3.15. The maximum Gasteiger partial charge on any atom is 0.0461 e. The minimum atomic E-state index is 1.11. The Kier molecular flexibility index (Phi) is 5.69. The first-order valence-electron chi connectivity index (χ1n) is 8.94. The summed E-state index contributed by atoms with van der Waals surface area (Å²) < 4.78 is 0. The number of allylic oxidation sites excluding steroid dienone is 6. The monoisotopic (exact) mass is 327 g/mol. The quantitative estimate of drug-likeness (QED) is 0.532. The lowest BCUT2D eigenvalue weighted by Crippen LogP contribution is -2.15. The number of hydrogen-bond acceptors (Lipinski definition) is 1. The topological polar surface area (TPSA) is 3.24 Å². The van der Waals surface area contributed by atoms with E-state index in [1.807, 2.05) is 13.0 Å². The molecule has 0 amide bonds. The van der Waals surface area contributed by atoms with E-state index in [4.69, 9.17) is 0 Å². The van der Waals surface area contributed by atoms with Gasteiger partial charge in [0.05, 0.1) is 0 Å². The molecule has 3 rings (SSSR count). The molecule has 0 radical (unpaired) electrons. The molecule has 126 valence electrons. The van der Waals surface area contributed by atoms with Crippen LogP contribution in [0.2, 0.25) is 0 Å². The van der Waals surface area contributed by atoms with E-state index in [0.29, 0.717) is 0 Å². The Morgan fingerprint density at radius 3 is 2.36 bits per heavy atom. The molecule has 0 saturated carbocycles. The minimum Gasteiger partial charge on any atom is -0.311 e. The van der Waals surface area contributed by atoms with E-state index in [0.717, 1.165) is 18.4 Å². The highest BCUT2D eigenvalue weighted by molar-refractivity contribution is 5.76. The highest BCUT2D eigenvalue weighted by atomic mass is 15.1. The van der Waals surface area contributed by atoms with Gasteiger partial charge >= 0.3 is 0 Å². The molecule has 0 heterocycles. The highest BCUT2D eigenvalue weighted by Gasteiger charge is 2.13. The summed E-state index contributed by atoms with van der Waals surface area (Å²) in [5.74, 6) is 0. The van der Waals surface area contributed by atoms with Gasteiger partial charge in [0.25, 0.3) is 0 Å². The van der Waals surface area contributed by atoms with Crippen molar-refractivity contribution in [1.29, 1.82) is 0 Å². The van der Waals surface area contributed by atoms with Crippen LogP contribution in [-0.2, 0) is 0 Å². The average Bonchev–Trinajstić information content (AvgIpc) is 2.94.